The van der Waals surface area contributed by atoms with Crippen molar-refractivity contribution in [2.45, 2.75) is 13.2 Å². The highest BCUT2D eigenvalue weighted by Gasteiger charge is 2.35. The van der Waals surface area contributed by atoms with Crippen molar-refractivity contribution in [1.29, 1.82) is 0 Å². The number of thioether (sulfide) groups is 1. The largest absolute Gasteiger partial charge is 0.489 e. The Morgan fingerprint density at radius 3 is 2.12 bits per heavy atom. The summed E-state index contributed by atoms with van der Waals surface area (Å²) in [7, 11) is 0. The van der Waals surface area contributed by atoms with Crippen LogP contribution in [0.1, 0.15) is 16.7 Å². The Bertz CT molecular complexity index is 1220. The van der Waals surface area contributed by atoms with Crippen LogP contribution in [0.15, 0.2) is 65.6 Å². The van der Waals surface area contributed by atoms with Gasteiger partial charge in [0.25, 0.3) is 11.1 Å². The first kappa shape index (κ1) is 23.6. The summed E-state index contributed by atoms with van der Waals surface area (Å²) < 4.78 is 19.8. The fourth-order valence-electron chi connectivity index (χ4n) is 3.12. The molecule has 3 aromatic rings. The summed E-state index contributed by atoms with van der Waals surface area (Å²) in [5, 5.41) is 0.715. The highest BCUT2D eigenvalue weighted by Crippen LogP contribution is 2.35. The number of carbonyl (C=O) groups is 2. The van der Waals surface area contributed by atoms with Crippen molar-refractivity contribution in [3.05, 3.63) is 103 Å². The van der Waals surface area contributed by atoms with Crippen molar-refractivity contribution in [3.8, 4) is 5.75 Å². The molecule has 0 aromatic heterocycles. The molecule has 1 heterocycles. The molecule has 2 amide bonds. The van der Waals surface area contributed by atoms with E-state index in [-0.39, 0.29) is 28.6 Å². The van der Waals surface area contributed by atoms with Gasteiger partial charge in [-0.3, -0.25) is 14.5 Å². The highest BCUT2D eigenvalue weighted by atomic mass is 35.5. The maximum atomic E-state index is 14.1. The summed E-state index contributed by atoms with van der Waals surface area (Å²) in [6.07, 6.45) is 1.60. The zero-order chi connectivity index (χ0) is 23.5. The van der Waals surface area contributed by atoms with Crippen molar-refractivity contribution >= 4 is 63.8 Å². The van der Waals surface area contributed by atoms with Gasteiger partial charge in [0.05, 0.1) is 11.4 Å². The van der Waals surface area contributed by atoms with Gasteiger partial charge in [-0.05, 0) is 59.8 Å². The third-order valence-corrected chi connectivity index (χ3v) is 6.84. The average Bonchev–Trinajstić information content (AvgIpc) is 3.04. The van der Waals surface area contributed by atoms with E-state index in [2.05, 4.69) is 0 Å². The number of rotatable bonds is 6. The van der Waals surface area contributed by atoms with E-state index in [9.17, 15) is 14.0 Å². The molecule has 1 aliphatic heterocycles. The Hall–Kier alpha value is -2.51. The first-order valence-corrected chi connectivity index (χ1v) is 11.6. The normalized spacial score (nSPS) is 14.9. The second kappa shape index (κ2) is 10.2. The minimum Gasteiger partial charge on any atom is -0.489 e. The van der Waals surface area contributed by atoms with E-state index >= 15 is 0 Å². The molecule has 9 heteroatoms. The lowest BCUT2D eigenvalue weighted by molar-refractivity contribution is -0.123. The number of hydrogen-bond acceptors (Lipinski definition) is 4. The minimum atomic E-state index is -0.570. The first-order chi connectivity index (χ1) is 15.8. The van der Waals surface area contributed by atoms with Crippen LogP contribution in [0.4, 0.5) is 9.18 Å². The number of benzene rings is 3. The van der Waals surface area contributed by atoms with E-state index in [1.54, 1.807) is 48.5 Å². The van der Waals surface area contributed by atoms with Crippen molar-refractivity contribution in [2.24, 2.45) is 0 Å². The Morgan fingerprint density at radius 2 is 1.48 bits per heavy atom. The molecule has 4 rings (SSSR count). The summed E-state index contributed by atoms with van der Waals surface area (Å²) in [6.45, 7) is -0.0275. The summed E-state index contributed by atoms with van der Waals surface area (Å²) in [5.74, 6) is -0.484. The fraction of sp³-hybridized carbons (Fsp3) is 0.0833. The van der Waals surface area contributed by atoms with Gasteiger partial charge in [0, 0.05) is 26.2 Å². The van der Waals surface area contributed by atoms with E-state index in [0.29, 0.717) is 26.9 Å². The van der Waals surface area contributed by atoms with Crippen LogP contribution in [0, 0.1) is 5.82 Å². The third-order valence-electron chi connectivity index (χ3n) is 4.87. The number of amides is 2. The molecule has 1 fully saturated rings. The Balaban J connectivity index is 1.44. The SMILES string of the molecule is O=C1S/C(=C\c2ccc(OCc3c(Cl)cccc3Cl)cc2)C(=O)N1Cc1c(F)cccc1Cl. The van der Waals surface area contributed by atoms with Gasteiger partial charge < -0.3 is 4.74 Å². The summed E-state index contributed by atoms with van der Waals surface area (Å²) in [4.78, 5) is 26.3. The number of carbonyl (C=O) groups excluding carboxylic acids is 2. The number of halogens is 4. The molecule has 0 atom stereocenters. The highest BCUT2D eigenvalue weighted by molar-refractivity contribution is 8.18. The van der Waals surface area contributed by atoms with Crippen molar-refractivity contribution < 1.29 is 18.7 Å². The van der Waals surface area contributed by atoms with E-state index in [0.717, 1.165) is 16.7 Å². The molecule has 0 N–H and O–H groups in total. The quantitative estimate of drug-likeness (QED) is 0.313. The minimum absolute atomic E-state index is 0.0999. The van der Waals surface area contributed by atoms with Crippen LogP contribution in [0.3, 0.4) is 0 Å². The van der Waals surface area contributed by atoms with Gasteiger partial charge in [-0.1, -0.05) is 59.1 Å². The maximum Gasteiger partial charge on any atom is 0.293 e. The molecule has 4 nitrogen and oxygen atoms in total. The molecular formula is C24H15Cl3FNO3S. The molecule has 0 radical (unpaired) electrons. The predicted molar refractivity (Wildman–Crippen MR) is 130 cm³/mol. The molecule has 0 spiro atoms. The number of imide groups is 1. The lowest BCUT2D eigenvalue weighted by atomic mass is 10.2. The van der Waals surface area contributed by atoms with Gasteiger partial charge in [-0.2, -0.15) is 0 Å². The monoisotopic (exact) mass is 521 g/mol. The second-order valence-corrected chi connectivity index (χ2v) is 9.24. The number of hydrogen-bond donors (Lipinski definition) is 0. The number of nitrogens with zero attached hydrogens (tertiary/aromatic N) is 1. The van der Waals surface area contributed by atoms with Crippen molar-refractivity contribution in [3.63, 3.8) is 0 Å². The molecule has 33 heavy (non-hydrogen) atoms. The van der Waals surface area contributed by atoms with Crippen LogP contribution in [0.5, 0.6) is 5.75 Å². The van der Waals surface area contributed by atoms with Gasteiger partial charge in [-0.15, -0.1) is 0 Å². The predicted octanol–water partition coefficient (Wildman–Crippen LogP) is 7.60. The molecule has 0 unspecified atom stereocenters. The average molecular weight is 523 g/mol. The number of ether oxygens (including phenoxy) is 1. The summed E-state index contributed by atoms with van der Waals surface area (Å²) >= 11 is 19.1. The molecule has 0 saturated carbocycles. The molecule has 1 saturated heterocycles. The molecule has 1 aliphatic rings. The zero-order valence-electron chi connectivity index (χ0n) is 16.9. The Kier molecular flexibility index (Phi) is 7.29. The summed E-state index contributed by atoms with van der Waals surface area (Å²) in [6, 6.07) is 16.4. The lowest BCUT2D eigenvalue weighted by Gasteiger charge is -2.14. The second-order valence-electron chi connectivity index (χ2n) is 7.03. The lowest BCUT2D eigenvalue weighted by Crippen LogP contribution is -2.28. The van der Waals surface area contributed by atoms with Gasteiger partial charge in [0.15, 0.2) is 0 Å². The van der Waals surface area contributed by atoms with Crippen molar-refractivity contribution in [2.75, 3.05) is 0 Å². The topological polar surface area (TPSA) is 46.6 Å². The fourth-order valence-corrected chi connectivity index (χ4v) is 4.68. The smallest absolute Gasteiger partial charge is 0.293 e. The molecule has 3 aromatic carbocycles. The van der Waals surface area contributed by atoms with E-state index in [1.807, 2.05) is 0 Å². The van der Waals surface area contributed by atoms with E-state index in [4.69, 9.17) is 39.5 Å². The van der Waals surface area contributed by atoms with E-state index < -0.39 is 17.0 Å². The summed E-state index contributed by atoms with van der Waals surface area (Å²) in [5.41, 5.74) is 1.49. The van der Waals surface area contributed by atoms with Crippen LogP contribution in [0.25, 0.3) is 6.08 Å². The maximum absolute atomic E-state index is 14.1. The van der Waals surface area contributed by atoms with Crippen LogP contribution in [0.2, 0.25) is 15.1 Å². The molecule has 168 valence electrons. The van der Waals surface area contributed by atoms with Crippen LogP contribution in [-0.2, 0) is 17.9 Å². The van der Waals surface area contributed by atoms with Crippen LogP contribution < -0.4 is 4.74 Å². The van der Waals surface area contributed by atoms with Gasteiger partial charge in [-0.25, -0.2) is 4.39 Å². The standard InChI is InChI=1S/C24H15Cl3FNO3S/c25-18-5-2-6-21(28)16(18)12-29-23(30)22(33-24(29)31)11-14-7-9-15(10-8-14)32-13-17-19(26)3-1-4-20(17)27/h1-11H,12-13H2/b22-11-. The van der Waals surface area contributed by atoms with Gasteiger partial charge >= 0.3 is 0 Å². The molecule has 0 aliphatic carbocycles. The van der Waals surface area contributed by atoms with E-state index in [1.165, 1.54) is 18.2 Å². The zero-order valence-corrected chi connectivity index (χ0v) is 19.9. The Labute approximate surface area is 208 Å². The van der Waals surface area contributed by atoms with Crippen molar-refractivity contribution in [1.82, 2.24) is 4.90 Å². The van der Waals surface area contributed by atoms with Crippen LogP contribution >= 0.6 is 46.6 Å². The third kappa shape index (κ3) is 5.36. The van der Waals surface area contributed by atoms with Gasteiger partial charge in [0.1, 0.15) is 18.2 Å². The van der Waals surface area contributed by atoms with Gasteiger partial charge in [0.2, 0.25) is 0 Å². The molecular weight excluding hydrogens is 508 g/mol. The molecule has 0 bridgehead atoms. The first-order valence-electron chi connectivity index (χ1n) is 9.67. The van der Waals surface area contributed by atoms with Crippen LogP contribution in [-0.4, -0.2) is 16.0 Å². The Morgan fingerprint density at radius 1 is 0.879 bits per heavy atom.